The van der Waals surface area contributed by atoms with E-state index in [9.17, 15) is 9.59 Å². The van der Waals surface area contributed by atoms with E-state index in [0.717, 1.165) is 31.2 Å². The number of carbonyl (C=O) groups is 2. The van der Waals surface area contributed by atoms with Gasteiger partial charge in [-0.25, -0.2) is 4.98 Å². The molecule has 0 N–H and O–H groups in total. The van der Waals surface area contributed by atoms with E-state index in [2.05, 4.69) is 4.98 Å². The summed E-state index contributed by atoms with van der Waals surface area (Å²) in [5.74, 6) is 0.945. The third kappa shape index (κ3) is 3.37. The van der Waals surface area contributed by atoms with Crippen molar-refractivity contribution < 1.29 is 23.8 Å². The Morgan fingerprint density at radius 2 is 1.91 bits per heavy atom. The topological polar surface area (TPSA) is 78.0 Å². The standard InChI is InChI=1S/C24H26N2O5S/c1-3-29-17-10-9-14(13-18(17)30-4-2)20-19-21(27)15-7-5-6-8-16(15)31-22(19)23(28)26(20)24-25-11-12-32-24/h9-13,15-16,20H,3-8H2,1-2H3. The second-order valence-corrected chi connectivity index (χ2v) is 8.99. The fourth-order valence-corrected chi connectivity index (χ4v) is 5.60. The molecule has 3 atom stereocenters. The minimum atomic E-state index is -0.603. The first-order valence-electron chi connectivity index (χ1n) is 11.2. The van der Waals surface area contributed by atoms with Crippen LogP contribution in [0.15, 0.2) is 41.1 Å². The lowest BCUT2D eigenvalue weighted by atomic mass is 9.77. The molecule has 1 aromatic heterocycles. The molecule has 0 radical (unpaired) electrons. The summed E-state index contributed by atoms with van der Waals surface area (Å²) in [4.78, 5) is 33.2. The van der Waals surface area contributed by atoms with Crippen LogP contribution in [0.1, 0.15) is 51.1 Å². The molecule has 1 aliphatic carbocycles. The van der Waals surface area contributed by atoms with Gasteiger partial charge in [-0.3, -0.25) is 14.5 Å². The predicted molar refractivity (Wildman–Crippen MR) is 120 cm³/mol. The summed E-state index contributed by atoms with van der Waals surface area (Å²) in [5, 5.41) is 2.36. The van der Waals surface area contributed by atoms with Gasteiger partial charge < -0.3 is 14.2 Å². The summed E-state index contributed by atoms with van der Waals surface area (Å²) < 4.78 is 17.7. The maximum Gasteiger partial charge on any atom is 0.296 e. The van der Waals surface area contributed by atoms with Crippen molar-refractivity contribution in [2.24, 2.45) is 5.92 Å². The number of thiazole rings is 1. The number of fused-ring (bicyclic) bond motifs is 1. The Balaban J connectivity index is 1.63. The molecule has 8 heteroatoms. The van der Waals surface area contributed by atoms with Crippen LogP contribution in [0.3, 0.4) is 0 Å². The smallest absolute Gasteiger partial charge is 0.296 e. The number of rotatable bonds is 6. The van der Waals surface area contributed by atoms with Gasteiger partial charge in [0.15, 0.2) is 28.2 Å². The van der Waals surface area contributed by atoms with E-state index in [0.29, 0.717) is 35.4 Å². The van der Waals surface area contributed by atoms with Crippen LogP contribution in [0.25, 0.3) is 0 Å². The highest BCUT2D eigenvalue weighted by molar-refractivity contribution is 7.13. The summed E-state index contributed by atoms with van der Waals surface area (Å²) in [6.07, 6.45) is 5.07. The predicted octanol–water partition coefficient (Wildman–Crippen LogP) is 4.44. The van der Waals surface area contributed by atoms with Gasteiger partial charge in [0.25, 0.3) is 5.91 Å². The Morgan fingerprint density at radius 3 is 2.66 bits per heavy atom. The molecule has 0 bridgehead atoms. The summed E-state index contributed by atoms with van der Waals surface area (Å²) in [5.41, 5.74) is 1.22. The van der Waals surface area contributed by atoms with Crippen LogP contribution in [-0.4, -0.2) is 36.0 Å². The third-order valence-electron chi connectivity index (χ3n) is 6.27. The van der Waals surface area contributed by atoms with E-state index < -0.39 is 6.04 Å². The summed E-state index contributed by atoms with van der Waals surface area (Å²) in [6, 6.07) is 4.99. The lowest BCUT2D eigenvalue weighted by Gasteiger charge is -2.35. The largest absolute Gasteiger partial charge is 0.490 e. The van der Waals surface area contributed by atoms with Gasteiger partial charge in [-0.15, -0.1) is 11.3 Å². The molecule has 2 aromatic rings. The van der Waals surface area contributed by atoms with Crippen molar-refractivity contribution in [3.63, 3.8) is 0 Å². The number of benzene rings is 1. The molecule has 7 nitrogen and oxygen atoms in total. The first-order valence-corrected chi connectivity index (χ1v) is 12.1. The molecule has 1 saturated carbocycles. The number of amides is 1. The minimum Gasteiger partial charge on any atom is -0.490 e. The lowest BCUT2D eigenvalue weighted by Crippen LogP contribution is -2.39. The Labute approximate surface area is 191 Å². The Morgan fingerprint density at radius 1 is 1.12 bits per heavy atom. The highest BCUT2D eigenvalue weighted by Crippen LogP contribution is 2.49. The van der Waals surface area contributed by atoms with Crippen LogP contribution < -0.4 is 14.4 Å². The Bertz CT molecular complexity index is 1060. The molecule has 0 saturated heterocycles. The number of carbonyl (C=O) groups excluding carboxylic acids is 2. The lowest BCUT2D eigenvalue weighted by molar-refractivity contribution is -0.131. The average molecular weight is 455 g/mol. The number of anilines is 1. The quantitative estimate of drug-likeness (QED) is 0.642. The van der Waals surface area contributed by atoms with Crippen LogP contribution in [0, 0.1) is 5.92 Å². The zero-order valence-electron chi connectivity index (χ0n) is 18.2. The van der Waals surface area contributed by atoms with Gasteiger partial charge >= 0.3 is 0 Å². The van der Waals surface area contributed by atoms with Crippen LogP contribution in [0.4, 0.5) is 5.13 Å². The number of hydrogen-bond acceptors (Lipinski definition) is 7. The van der Waals surface area contributed by atoms with Crippen molar-refractivity contribution in [3.8, 4) is 11.5 Å². The Hall–Kier alpha value is -2.87. The molecule has 5 rings (SSSR count). The molecule has 1 aromatic carbocycles. The molecular weight excluding hydrogens is 428 g/mol. The van der Waals surface area contributed by atoms with Crippen LogP contribution in [-0.2, 0) is 14.3 Å². The Kier molecular flexibility index (Phi) is 5.63. The summed E-state index contributed by atoms with van der Waals surface area (Å²) >= 11 is 1.36. The van der Waals surface area contributed by atoms with Gasteiger partial charge in [-0.1, -0.05) is 12.5 Å². The number of aromatic nitrogens is 1. The molecule has 168 valence electrons. The first-order chi connectivity index (χ1) is 15.6. The molecule has 3 heterocycles. The normalized spacial score (nSPS) is 24.8. The van der Waals surface area contributed by atoms with Crippen molar-refractivity contribution in [1.82, 2.24) is 4.98 Å². The average Bonchev–Trinajstić information content (AvgIpc) is 3.42. The van der Waals surface area contributed by atoms with E-state index in [-0.39, 0.29) is 29.5 Å². The van der Waals surface area contributed by atoms with Crippen LogP contribution >= 0.6 is 11.3 Å². The van der Waals surface area contributed by atoms with E-state index in [4.69, 9.17) is 14.2 Å². The van der Waals surface area contributed by atoms with Crippen LogP contribution in [0.2, 0.25) is 0 Å². The van der Waals surface area contributed by atoms with Gasteiger partial charge in [0, 0.05) is 11.6 Å². The van der Waals surface area contributed by atoms with Gasteiger partial charge in [0.05, 0.1) is 30.7 Å². The molecule has 2 aliphatic heterocycles. The number of hydrogen-bond donors (Lipinski definition) is 0. The molecule has 32 heavy (non-hydrogen) atoms. The minimum absolute atomic E-state index is 0.0280. The SMILES string of the molecule is CCOc1ccc(C2C3=C(OC4CCCCC4C3=O)C(=O)N2c2nccs2)cc1OCC. The molecule has 1 amide bonds. The summed E-state index contributed by atoms with van der Waals surface area (Å²) in [7, 11) is 0. The van der Waals surface area contributed by atoms with E-state index in [1.807, 2.05) is 37.4 Å². The fraction of sp³-hybridized carbons (Fsp3) is 0.458. The van der Waals surface area contributed by atoms with Crippen molar-refractivity contribution >= 4 is 28.2 Å². The van der Waals surface area contributed by atoms with E-state index >= 15 is 0 Å². The van der Waals surface area contributed by atoms with Gasteiger partial charge in [-0.05, 0) is 50.8 Å². The second kappa shape index (κ2) is 8.58. The first kappa shape index (κ1) is 21.0. The van der Waals surface area contributed by atoms with Gasteiger partial charge in [0.2, 0.25) is 0 Å². The summed E-state index contributed by atoms with van der Waals surface area (Å²) in [6.45, 7) is 4.81. The molecule has 1 fully saturated rings. The highest BCUT2D eigenvalue weighted by atomic mass is 32.1. The van der Waals surface area contributed by atoms with Crippen LogP contribution in [0.5, 0.6) is 11.5 Å². The molecule has 0 spiro atoms. The van der Waals surface area contributed by atoms with Crippen molar-refractivity contribution in [2.45, 2.75) is 51.7 Å². The number of ether oxygens (including phenoxy) is 3. The van der Waals surface area contributed by atoms with Crippen molar-refractivity contribution in [1.29, 1.82) is 0 Å². The third-order valence-corrected chi connectivity index (χ3v) is 7.04. The molecule has 3 unspecified atom stereocenters. The van der Waals surface area contributed by atoms with Crippen molar-refractivity contribution in [2.75, 3.05) is 18.1 Å². The van der Waals surface area contributed by atoms with E-state index in [1.54, 1.807) is 11.1 Å². The van der Waals surface area contributed by atoms with Crippen molar-refractivity contribution in [3.05, 3.63) is 46.7 Å². The van der Waals surface area contributed by atoms with E-state index in [1.165, 1.54) is 11.3 Å². The number of ketones is 1. The maximum atomic E-state index is 13.7. The fourth-order valence-electron chi connectivity index (χ4n) is 4.93. The highest BCUT2D eigenvalue weighted by Gasteiger charge is 2.53. The van der Waals surface area contributed by atoms with Gasteiger partial charge in [-0.2, -0.15) is 0 Å². The number of Topliss-reactive ketones (excluding diaryl/α,β-unsaturated/α-hetero) is 1. The zero-order valence-corrected chi connectivity index (χ0v) is 19.0. The monoisotopic (exact) mass is 454 g/mol. The zero-order chi connectivity index (χ0) is 22.2. The van der Waals surface area contributed by atoms with Gasteiger partial charge in [0.1, 0.15) is 6.10 Å². The second-order valence-electron chi connectivity index (χ2n) is 8.12. The number of nitrogens with zero attached hydrogens (tertiary/aromatic N) is 2. The molecular formula is C24H26N2O5S. The maximum absolute atomic E-state index is 13.7. The molecule has 3 aliphatic rings.